The van der Waals surface area contributed by atoms with Crippen LogP contribution in [-0.2, 0) is 0 Å². The van der Waals surface area contributed by atoms with Crippen LogP contribution in [0.1, 0.15) is 5.56 Å². The molecule has 1 fully saturated rings. The van der Waals surface area contributed by atoms with Gasteiger partial charge in [0.15, 0.2) is 11.6 Å². The maximum Gasteiger partial charge on any atom is 0.155 e. The predicted molar refractivity (Wildman–Crippen MR) is 80.7 cm³/mol. The van der Waals surface area contributed by atoms with Crippen LogP contribution in [0.5, 0.6) is 0 Å². The van der Waals surface area contributed by atoms with Gasteiger partial charge in [-0.15, -0.1) is 5.10 Å². The monoisotopic (exact) mass is 272 g/mol. The molecule has 3 heterocycles. The second-order valence-electron chi connectivity index (χ2n) is 4.98. The maximum absolute atomic E-state index is 4.69. The average Bonchev–Trinajstić information content (AvgIpc) is 2.93. The first-order valence-corrected chi connectivity index (χ1v) is 6.94. The lowest BCUT2D eigenvalue weighted by molar-refractivity contribution is 0.583. The van der Waals surface area contributed by atoms with E-state index in [0.29, 0.717) is 0 Å². The van der Waals surface area contributed by atoms with E-state index < -0.39 is 0 Å². The summed E-state index contributed by atoms with van der Waals surface area (Å²) >= 11 is 0. The van der Waals surface area contributed by atoms with Gasteiger partial charge < -0.3 is 15.5 Å². The number of aromatic nitrogens is 3. The molecular formula is C14H20N6. The SMILES string of the molecule is CNc1cc(N2CCNCC2)nn1-c1ccc(C)cn1. The Balaban J connectivity index is 1.93. The minimum Gasteiger partial charge on any atom is -0.373 e. The number of hydrogen-bond donors (Lipinski definition) is 2. The topological polar surface area (TPSA) is 58.0 Å². The van der Waals surface area contributed by atoms with Gasteiger partial charge in [-0.2, -0.15) is 4.68 Å². The molecule has 1 aliphatic rings. The van der Waals surface area contributed by atoms with Crippen LogP contribution in [-0.4, -0.2) is 48.0 Å². The summed E-state index contributed by atoms with van der Waals surface area (Å²) in [5.41, 5.74) is 1.15. The third-order valence-electron chi connectivity index (χ3n) is 3.51. The Kier molecular flexibility index (Phi) is 3.56. The highest BCUT2D eigenvalue weighted by atomic mass is 15.4. The largest absolute Gasteiger partial charge is 0.373 e. The molecule has 6 heteroatoms. The Morgan fingerprint density at radius 1 is 1.20 bits per heavy atom. The van der Waals surface area contributed by atoms with Gasteiger partial charge >= 0.3 is 0 Å². The molecule has 0 spiro atoms. The normalized spacial score (nSPS) is 15.4. The van der Waals surface area contributed by atoms with E-state index in [0.717, 1.165) is 49.2 Å². The summed E-state index contributed by atoms with van der Waals surface area (Å²) in [4.78, 5) is 6.74. The Bertz CT molecular complexity index is 568. The van der Waals surface area contributed by atoms with Crippen molar-refractivity contribution in [3.63, 3.8) is 0 Å². The lowest BCUT2D eigenvalue weighted by Gasteiger charge is -2.26. The summed E-state index contributed by atoms with van der Waals surface area (Å²) in [6.07, 6.45) is 1.86. The van der Waals surface area contributed by atoms with Crippen molar-refractivity contribution in [3.8, 4) is 5.82 Å². The first-order valence-electron chi connectivity index (χ1n) is 6.94. The molecular weight excluding hydrogens is 252 g/mol. The number of rotatable bonds is 3. The van der Waals surface area contributed by atoms with E-state index in [1.54, 1.807) is 0 Å². The quantitative estimate of drug-likeness (QED) is 0.874. The fourth-order valence-electron chi connectivity index (χ4n) is 2.36. The minimum atomic E-state index is 0.835. The first-order chi connectivity index (χ1) is 9.78. The van der Waals surface area contributed by atoms with E-state index in [-0.39, 0.29) is 0 Å². The van der Waals surface area contributed by atoms with Crippen molar-refractivity contribution in [2.75, 3.05) is 43.4 Å². The molecule has 0 aromatic carbocycles. The van der Waals surface area contributed by atoms with Crippen LogP contribution in [0.15, 0.2) is 24.4 Å². The smallest absolute Gasteiger partial charge is 0.155 e. The Labute approximate surface area is 118 Å². The zero-order chi connectivity index (χ0) is 13.9. The van der Waals surface area contributed by atoms with E-state index >= 15 is 0 Å². The van der Waals surface area contributed by atoms with E-state index in [4.69, 9.17) is 5.10 Å². The van der Waals surface area contributed by atoms with Crippen LogP contribution in [0.4, 0.5) is 11.6 Å². The summed E-state index contributed by atoms with van der Waals surface area (Å²) in [5.74, 6) is 2.79. The number of hydrogen-bond acceptors (Lipinski definition) is 5. The Morgan fingerprint density at radius 2 is 2.00 bits per heavy atom. The van der Waals surface area contributed by atoms with Gasteiger partial charge in [-0.3, -0.25) is 0 Å². The summed E-state index contributed by atoms with van der Waals surface area (Å²) in [7, 11) is 1.91. The highest BCUT2D eigenvalue weighted by Crippen LogP contribution is 2.21. The minimum absolute atomic E-state index is 0.835. The lowest BCUT2D eigenvalue weighted by Crippen LogP contribution is -2.43. The van der Waals surface area contributed by atoms with Gasteiger partial charge in [-0.05, 0) is 18.6 Å². The lowest BCUT2D eigenvalue weighted by atomic mass is 10.3. The zero-order valence-electron chi connectivity index (χ0n) is 11.9. The molecule has 6 nitrogen and oxygen atoms in total. The molecule has 0 aliphatic carbocycles. The predicted octanol–water partition coefficient (Wildman–Crippen LogP) is 1.03. The van der Waals surface area contributed by atoms with Gasteiger partial charge in [0.05, 0.1) is 0 Å². The van der Waals surface area contributed by atoms with Crippen LogP contribution in [0, 0.1) is 6.92 Å². The van der Waals surface area contributed by atoms with Crippen molar-refractivity contribution in [3.05, 3.63) is 30.0 Å². The van der Waals surface area contributed by atoms with Gasteiger partial charge in [0.2, 0.25) is 0 Å². The Morgan fingerprint density at radius 3 is 2.65 bits per heavy atom. The molecule has 0 radical (unpaired) electrons. The summed E-state index contributed by atoms with van der Waals surface area (Å²) in [6.45, 7) is 6.02. The number of aryl methyl sites for hydroxylation is 1. The van der Waals surface area contributed by atoms with Crippen molar-refractivity contribution < 1.29 is 0 Å². The fraction of sp³-hybridized carbons (Fsp3) is 0.429. The molecule has 0 atom stereocenters. The van der Waals surface area contributed by atoms with Crippen LogP contribution in [0.2, 0.25) is 0 Å². The summed E-state index contributed by atoms with van der Waals surface area (Å²) in [6, 6.07) is 6.12. The molecule has 20 heavy (non-hydrogen) atoms. The van der Waals surface area contributed by atoms with Gasteiger partial charge in [-0.1, -0.05) is 6.07 Å². The molecule has 0 amide bonds. The van der Waals surface area contributed by atoms with Crippen molar-refractivity contribution in [2.45, 2.75) is 6.92 Å². The highest BCUT2D eigenvalue weighted by molar-refractivity contribution is 5.53. The highest BCUT2D eigenvalue weighted by Gasteiger charge is 2.16. The molecule has 2 aromatic heterocycles. The van der Waals surface area contributed by atoms with E-state index in [9.17, 15) is 0 Å². The number of nitrogens with zero attached hydrogens (tertiary/aromatic N) is 4. The zero-order valence-corrected chi connectivity index (χ0v) is 11.9. The van der Waals surface area contributed by atoms with Gasteiger partial charge in [-0.25, -0.2) is 4.98 Å². The Hall–Kier alpha value is -2.08. The molecule has 106 valence electrons. The number of piperazine rings is 1. The van der Waals surface area contributed by atoms with E-state index in [2.05, 4.69) is 26.6 Å². The average molecular weight is 272 g/mol. The summed E-state index contributed by atoms with van der Waals surface area (Å²) < 4.78 is 1.86. The van der Waals surface area contributed by atoms with Crippen LogP contribution in [0.3, 0.4) is 0 Å². The van der Waals surface area contributed by atoms with Gasteiger partial charge in [0.1, 0.15) is 5.82 Å². The number of pyridine rings is 1. The molecule has 0 unspecified atom stereocenters. The third-order valence-corrected chi connectivity index (χ3v) is 3.51. The second kappa shape index (κ2) is 5.50. The second-order valence-corrected chi connectivity index (χ2v) is 4.98. The van der Waals surface area contributed by atoms with Crippen molar-refractivity contribution >= 4 is 11.6 Å². The van der Waals surface area contributed by atoms with Gasteiger partial charge in [0.25, 0.3) is 0 Å². The summed E-state index contributed by atoms with van der Waals surface area (Å²) in [5, 5.41) is 11.2. The first kappa shape index (κ1) is 12.9. The maximum atomic E-state index is 4.69. The van der Waals surface area contributed by atoms with Crippen molar-refractivity contribution in [2.24, 2.45) is 0 Å². The fourth-order valence-corrected chi connectivity index (χ4v) is 2.36. The molecule has 1 saturated heterocycles. The van der Waals surface area contributed by atoms with Crippen molar-refractivity contribution in [1.82, 2.24) is 20.1 Å². The third kappa shape index (κ3) is 2.46. The molecule has 3 rings (SSSR count). The number of nitrogens with one attached hydrogen (secondary N) is 2. The van der Waals surface area contributed by atoms with Crippen LogP contribution >= 0.6 is 0 Å². The van der Waals surface area contributed by atoms with Crippen molar-refractivity contribution in [1.29, 1.82) is 0 Å². The molecule has 0 saturated carbocycles. The van der Waals surface area contributed by atoms with Gasteiger partial charge in [0, 0.05) is 45.5 Å². The van der Waals surface area contributed by atoms with Crippen LogP contribution in [0.25, 0.3) is 5.82 Å². The molecule has 1 aliphatic heterocycles. The molecule has 2 aromatic rings. The molecule has 0 bridgehead atoms. The van der Waals surface area contributed by atoms with E-state index in [1.165, 1.54) is 0 Å². The standard InChI is InChI=1S/C14H20N6/c1-11-3-4-12(17-10-11)20-13(15-2)9-14(18-20)19-7-5-16-6-8-19/h3-4,9-10,15-16H,5-8H2,1-2H3. The number of anilines is 2. The molecule has 2 N–H and O–H groups in total. The van der Waals surface area contributed by atoms with Crippen LogP contribution < -0.4 is 15.5 Å². The van der Waals surface area contributed by atoms with E-state index in [1.807, 2.05) is 37.0 Å².